The van der Waals surface area contributed by atoms with Crippen LogP contribution in [0.1, 0.15) is 19.4 Å². The molecule has 0 aliphatic carbocycles. The van der Waals surface area contributed by atoms with Crippen molar-refractivity contribution >= 4 is 33.4 Å². The smallest absolute Gasteiger partial charge is 0.234 e. The van der Waals surface area contributed by atoms with Crippen LogP contribution in [-0.2, 0) is 11.3 Å². The Kier molecular flexibility index (Phi) is 5.43. The molecule has 0 radical (unpaired) electrons. The summed E-state index contributed by atoms with van der Waals surface area (Å²) in [6, 6.07) is 5.37. The van der Waals surface area contributed by atoms with Crippen LogP contribution in [0.15, 0.2) is 22.7 Å². The number of amides is 1. The predicted octanol–water partition coefficient (Wildman–Crippen LogP) is 2.70. The van der Waals surface area contributed by atoms with Crippen molar-refractivity contribution in [2.24, 2.45) is 11.7 Å². The Balaban J connectivity index is 2.65. The highest BCUT2D eigenvalue weighted by molar-refractivity contribution is 9.10. The van der Waals surface area contributed by atoms with Crippen molar-refractivity contribution in [1.82, 2.24) is 5.32 Å². The largest absolute Gasteiger partial charge is 0.368 e. The van der Waals surface area contributed by atoms with Gasteiger partial charge < -0.3 is 11.1 Å². The van der Waals surface area contributed by atoms with Crippen LogP contribution in [0.5, 0.6) is 0 Å². The van der Waals surface area contributed by atoms with Gasteiger partial charge in [0.1, 0.15) is 0 Å². The molecule has 0 spiro atoms. The molecule has 94 valence electrons. The lowest BCUT2D eigenvalue weighted by Crippen LogP contribution is -2.44. The minimum Gasteiger partial charge on any atom is -0.368 e. The summed E-state index contributed by atoms with van der Waals surface area (Å²) in [5, 5.41) is 3.79. The number of nitrogens with one attached hydrogen (secondary N) is 1. The van der Waals surface area contributed by atoms with Crippen molar-refractivity contribution in [3.05, 3.63) is 33.3 Å². The van der Waals surface area contributed by atoms with E-state index in [1.54, 1.807) is 0 Å². The van der Waals surface area contributed by atoms with Gasteiger partial charge in [-0.2, -0.15) is 0 Å². The van der Waals surface area contributed by atoms with Gasteiger partial charge in [0.2, 0.25) is 5.91 Å². The number of benzene rings is 1. The Labute approximate surface area is 115 Å². The third-order valence-corrected chi connectivity index (χ3v) is 3.72. The lowest BCUT2D eigenvalue weighted by molar-refractivity contribution is -0.121. The highest BCUT2D eigenvalue weighted by Gasteiger charge is 2.18. The summed E-state index contributed by atoms with van der Waals surface area (Å²) in [5.41, 5.74) is 6.34. The van der Waals surface area contributed by atoms with Crippen molar-refractivity contribution in [2.45, 2.75) is 26.4 Å². The lowest BCUT2D eigenvalue weighted by atomic mass is 10.0. The third kappa shape index (κ3) is 4.30. The second-order valence-corrected chi connectivity index (χ2v) is 5.51. The van der Waals surface area contributed by atoms with Crippen LogP contribution >= 0.6 is 27.5 Å². The van der Waals surface area contributed by atoms with E-state index in [1.165, 1.54) is 0 Å². The average Bonchev–Trinajstić information content (AvgIpc) is 2.22. The van der Waals surface area contributed by atoms with Gasteiger partial charge in [0.05, 0.1) is 11.1 Å². The summed E-state index contributed by atoms with van der Waals surface area (Å²) in [6.45, 7) is 4.48. The standard InChI is InChI=1S/C12H16BrClN2O/c1-7(2)11(12(15)17)16-6-8-3-4-9(13)10(14)5-8/h3-5,7,11,16H,6H2,1-2H3,(H2,15,17). The van der Waals surface area contributed by atoms with Gasteiger partial charge in [-0.1, -0.05) is 31.5 Å². The van der Waals surface area contributed by atoms with E-state index in [2.05, 4.69) is 21.2 Å². The van der Waals surface area contributed by atoms with E-state index in [0.29, 0.717) is 11.6 Å². The van der Waals surface area contributed by atoms with Gasteiger partial charge in [0.15, 0.2) is 0 Å². The molecule has 1 aromatic rings. The highest BCUT2D eigenvalue weighted by atomic mass is 79.9. The number of carbonyl (C=O) groups excluding carboxylic acids is 1. The van der Waals surface area contributed by atoms with E-state index in [1.807, 2.05) is 32.0 Å². The molecule has 3 nitrogen and oxygen atoms in total. The van der Waals surface area contributed by atoms with Gasteiger partial charge in [-0.25, -0.2) is 0 Å². The number of halogens is 2. The molecule has 3 N–H and O–H groups in total. The van der Waals surface area contributed by atoms with Gasteiger partial charge in [-0.05, 0) is 39.5 Å². The number of hydrogen-bond acceptors (Lipinski definition) is 2. The average molecular weight is 320 g/mol. The maximum atomic E-state index is 11.2. The first-order valence-corrected chi connectivity index (χ1v) is 6.55. The van der Waals surface area contributed by atoms with E-state index in [4.69, 9.17) is 17.3 Å². The van der Waals surface area contributed by atoms with Crippen molar-refractivity contribution in [3.63, 3.8) is 0 Å². The van der Waals surface area contributed by atoms with Crippen LogP contribution in [0.25, 0.3) is 0 Å². The molecule has 17 heavy (non-hydrogen) atoms. The molecule has 1 unspecified atom stereocenters. The summed E-state index contributed by atoms with van der Waals surface area (Å²) < 4.78 is 0.859. The van der Waals surface area contributed by atoms with Crippen LogP contribution in [-0.4, -0.2) is 11.9 Å². The van der Waals surface area contributed by atoms with Crippen molar-refractivity contribution < 1.29 is 4.79 Å². The van der Waals surface area contributed by atoms with Crippen molar-refractivity contribution in [1.29, 1.82) is 0 Å². The van der Waals surface area contributed by atoms with Gasteiger partial charge in [0.25, 0.3) is 0 Å². The van der Waals surface area contributed by atoms with Crippen molar-refractivity contribution in [2.75, 3.05) is 0 Å². The molecule has 1 atom stereocenters. The Morgan fingerprint density at radius 1 is 1.53 bits per heavy atom. The van der Waals surface area contributed by atoms with E-state index in [-0.39, 0.29) is 17.9 Å². The zero-order valence-corrected chi connectivity index (χ0v) is 12.2. The molecule has 1 rings (SSSR count). The highest BCUT2D eigenvalue weighted by Crippen LogP contribution is 2.23. The van der Waals surface area contributed by atoms with Crippen LogP contribution < -0.4 is 11.1 Å². The summed E-state index contributed by atoms with van der Waals surface area (Å²) in [4.78, 5) is 11.2. The van der Waals surface area contributed by atoms with Crippen LogP contribution in [0.4, 0.5) is 0 Å². The SMILES string of the molecule is CC(C)C(NCc1ccc(Br)c(Cl)c1)C(N)=O. The molecule has 0 saturated heterocycles. The monoisotopic (exact) mass is 318 g/mol. The Hall–Kier alpha value is -0.580. The van der Waals surface area contributed by atoms with Crippen LogP contribution in [0, 0.1) is 5.92 Å². The van der Waals surface area contributed by atoms with E-state index >= 15 is 0 Å². The van der Waals surface area contributed by atoms with Gasteiger partial charge >= 0.3 is 0 Å². The van der Waals surface area contributed by atoms with Crippen LogP contribution in [0.2, 0.25) is 5.02 Å². The zero-order chi connectivity index (χ0) is 13.0. The third-order valence-electron chi connectivity index (χ3n) is 2.48. The topological polar surface area (TPSA) is 55.1 Å². The fraction of sp³-hybridized carbons (Fsp3) is 0.417. The number of hydrogen-bond donors (Lipinski definition) is 2. The zero-order valence-electron chi connectivity index (χ0n) is 9.84. The number of carbonyl (C=O) groups is 1. The Morgan fingerprint density at radius 3 is 2.65 bits per heavy atom. The maximum absolute atomic E-state index is 11.2. The van der Waals surface area contributed by atoms with Crippen LogP contribution in [0.3, 0.4) is 0 Å². The van der Waals surface area contributed by atoms with Gasteiger partial charge in [0, 0.05) is 11.0 Å². The van der Waals surface area contributed by atoms with E-state index in [0.717, 1.165) is 10.0 Å². The molecule has 0 bridgehead atoms. The maximum Gasteiger partial charge on any atom is 0.234 e. The summed E-state index contributed by atoms with van der Waals surface area (Å²) in [5.74, 6) is -0.165. The molecule has 0 heterocycles. The molecule has 0 saturated carbocycles. The first-order valence-electron chi connectivity index (χ1n) is 5.38. The number of primary amides is 1. The quantitative estimate of drug-likeness (QED) is 0.877. The molecule has 1 aromatic carbocycles. The second-order valence-electron chi connectivity index (χ2n) is 4.25. The summed E-state index contributed by atoms with van der Waals surface area (Å²) in [7, 11) is 0. The predicted molar refractivity (Wildman–Crippen MR) is 73.8 cm³/mol. The molecular weight excluding hydrogens is 304 g/mol. The molecule has 1 amide bonds. The molecular formula is C12H16BrClN2O. The van der Waals surface area contributed by atoms with E-state index < -0.39 is 0 Å². The van der Waals surface area contributed by atoms with E-state index in [9.17, 15) is 4.79 Å². The fourth-order valence-electron chi connectivity index (χ4n) is 1.54. The molecule has 0 aromatic heterocycles. The summed E-state index contributed by atoms with van der Waals surface area (Å²) >= 11 is 9.32. The Bertz CT molecular complexity index is 409. The lowest BCUT2D eigenvalue weighted by Gasteiger charge is -2.19. The molecule has 0 aliphatic heterocycles. The molecule has 0 fully saturated rings. The second kappa shape index (κ2) is 6.38. The molecule has 5 heteroatoms. The Morgan fingerprint density at radius 2 is 2.18 bits per heavy atom. The van der Waals surface area contributed by atoms with Gasteiger partial charge in [-0.15, -0.1) is 0 Å². The number of rotatable bonds is 5. The minimum absolute atomic E-state index is 0.165. The molecule has 0 aliphatic rings. The summed E-state index contributed by atoms with van der Waals surface area (Å²) in [6.07, 6.45) is 0. The fourth-order valence-corrected chi connectivity index (χ4v) is 1.99. The minimum atomic E-state index is -0.330. The normalized spacial score (nSPS) is 12.8. The number of nitrogens with two attached hydrogens (primary N) is 1. The first kappa shape index (κ1) is 14.5. The van der Waals surface area contributed by atoms with Crippen molar-refractivity contribution in [3.8, 4) is 0 Å². The first-order chi connectivity index (χ1) is 7.91. The van der Waals surface area contributed by atoms with Gasteiger partial charge in [-0.3, -0.25) is 4.79 Å².